The Bertz CT molecular complexity index is 818. The molecule has 0 aliphatic heterocycles. The van der Waals surface area contributed by atoms with Crippen molar-refractivity contribution in [3.8, 4) is 5.75 Å². The topological polar surface area (TPSA) is 67.4 Å². The molecule has 26 heavy (non-hydrogen) atoms. The van der Waals surface area contributed by atoms with Gasteiger partial charge in [0.1, 0.15) is 0 Å². The second-order valence-corrected chi connectivity index (χ2v) is 6.39. The molecule has 0 bridgehead atoms. The third kappa shape index (κ3) is 4.81. The molecule has 0 saturated heterocycles. The second kappa shape index (κ2) is 7.99. The van der Waals surface area contributed by atoms with Crippen molar-refractivity contribution in [2.24, 2.45) is 5.92 Å². The van der Waals surface area contributed by atoms with E-state index in [0.29, 0.717) is 12.1 Å². The van der Waals surface area contributed by atoms with E-state index >= 15 is 0 Å². The highest BCUT2D eigenvalue weighted by Gasteiger charge is 2.29. The summed E-state index contributed by atoms with van der Waals surface area (Å²) in [6, 6.07) is 11.8. The Kier molecular flexibility index (Phi) is 5.51. The molecule has 136 valence electrons. The first kappa shape index (κ1) is 17.9. The van der Waals surface area contributed by atoms with Crippen LogP contribution in [0.5, 0.6) is 5.75 Å². The summed E-state index contributed by atoms with van der Waals surface area (Å²) in [6.07, 6.45) is 1.99. The molecule has 3 rings (SSSR count). The number of nitrogens with one attached hydrogen (secondary N) is 2. The fourth-order valence-electron chi connectivity index (χ4n) is 2.62. The molecular formula is C20H21FN2O3. The van der Waals surface area contributed by atoms with Gasteiger partial charge in [0.15, 0.2) is 11.6 Å². The number of methoxy groups -OCH3 is 1. The zero-order valence-electron chi connectivity index (χ0n) is 14.5. The van der Waals surface area contributed by atoms with Crippen LogP contribution in [0.15, 0.2) is 42.5 Å². The summed E-state index contributed by atoms with van der Waals surface area (Å²) in [5.74, 6) is -0.353. The monoisotopic (exact) mass is 356 g/mol. The number of anilines is 1. The molecule has 1 fully saturated rings. The first-order valence-corrected chi connectivity index (χ1v) is 8.54. The summed E-state index contributed by atoms with van der Waals surface area (Å²) in [6.45, 7) is 0.338. The number of rotatable bonds is 7. The smallest absolute Gasteiger partial charge is 0.227 e. The van der Waals surface area contributed by atoms with E-state index in [1.54, 1.807) is 6.07 Å². The molecule has 2 aromatic rings. The molecule has 0 heterocycles. The zero-order valence-corrected chi connectivity index (χ0v) is 14.5. The molecule has 0 aromatic heterocycles. The average Bonchev–Trinajstić information content (AvgIpc) is 3.46. The zero-order chi connectivity index (χ0) is 18.5. The van der Waals surface area contributed by atoms with Gasteiger partial charge >= 0.3 is 0 Å². The summed E-state index contributed by atoms with van der Waals surface area (Å²) < 4.78 is 18.5. The van der Waals surface area contributed by atoms with E-state index in [9.17, 15) is 14.0 Å². The van der Waals surface area contributed by atoms with Crippen LogP contribution in [0.1, 0.15) is 24.0 Å². The van der Waals surface area contributed by atoms with Crippen molar-refractivity contribution in [3.63, 3.8) is 0 Å². The first-order chi connectivity index (χ1) is 12.5. The number of carbonyl (C=O) groups is 2. The maximum atomic E-state index is 13.7. The molecule has 0 spiro atoms. The molecule has 1 aliphatic rings. The minimum Gasteiger partial charge on any atom is -0.494 e. The van der Waals surface area contributed by atoms with Gasteiger partial charge in [-0.15, -0.1) is 0 Å². The Balaban J connectivity index is 1.52. The van der Waals surface area contributed by atoms with Crippen molar-refractivity contribution in [3.05, 3.63) is 59.4 Å². The number of amides is 2. The standard InChI is InChI=1S/C20H21FN2O3/c1-26-18-8-5-13(10-17(18)21)11-19(24)22-12-14-3-2-4-16(9-14)23-20(25)15-6-7-15/h2-5,8-10,15H,6-7,11-12H2,1H3,(H,22,24)(H,23,25). The normalized spacial score (nSPS) is 13.2. The van der Waals surface area contributed by atoms with Crippen molar-refractivity contribution in [1.82, 2.24) is 5.32 Å². The molecule has 2 aromatic carbocycles. The van der Waals surface area contributed by atoms with Crippen molar-refractivity contribution in [2.45, 2.75) is 25.8 Å². The summed E-state index contributed by atoms with van der Waals surface area (Å²) >= 11 is 0. The van der Waals surface area contributed by atoms with Crippen molar-refractivity contribution >= 4 is 17.5 Å². The third-order valence-electron chi connectivity index (χ3n) is 4.21. The van der Waals surface area contributed by atoms with Crippen LogP contribution < -0.4 is 15.4 Å². The summed E-state index contributed by atoms with van der Waals surface area (Å²) in [5, 5.41) is 5.69. The molecule has 5 nitrogen and oxygen atoms in total. The fourth-order valence-corrected chi connectivity index (χ4v) is 2.62. The van der Waals surface area contributed by atoms with Crippen LogP contribution >= 0.6 is 0 Å². The largest absolute Gasteiger partial charge is 0.494 e. The number of ether oxygens (including phenoxy) is 1. The van der Waals surface area contributed by atoms with Gasteiger partial charge in [0, 0.05) is 18.2 Å². The quantitative estimate of drug-likeness (QED) is 0.801. The molecule has 6 heteroatoms. The van der Waals surface area contributed by atoms with Crippen LogP contribution in [0.4, 0.5) is 10.1 Å². The highest BCUT2D eigenvalue weighted by molar-refractivity contribution is 5.94. The molecule has 0 atom stereocenters. The van der Waals surface area contributed by atoms with E-state index in [1.165, 1.54) is 19.2 Å². The van der Waals surface area contributed by atoms with E-state index in [1.807, 2.05) is 24.3 Å². The number of carbonyl (C=O) groups excluding carboxylic acids is 2. The van der Waals surface area contributed by atoms with Gasteiger partial charge in [-0.2, -0.15) is 0 Å². The maximum Gasteiger partial charge on any atom is 0.227 e. The second-order valence-electron chi connectivity index (χ2n) is 6.39. The van der Waals surface area contributed by atoms with Crippen LogP contribution in [-0.4, -0.2) is 18.9 Å². The molecular weight excluding hydrogens is 335 g/mol. The molecule has 2 amide bonds. The lowest BCUT2D eigenvalue weighted by molar-refractivity contribution is -0.120. The predicted octanol–water partition coefficient (Wildman–Crippen LogP) is 3.04. The lowest BCUT2D eigenvalue weighted by Gasteiger charge is -2.09. The van der Waals surface area contributed by atoms with Gasteiger partial charge in [-0.3, -0.25) is 9.59 Å². The number of hydrogen-bond donors (Lipinski definition) is 2. The lowest BCUT2D eigenvalue weighted by atomic mass is 10.1. The highest BCUT2D eigenvalue weighted by Crippen LogP contribution is 2.30. The molecule has 2 N–H and O–H groups in total. The van der Waals surface area contributed by atoms with Crippen molar-refractivity contribution in [1.29, 1.82) is 0 Å². The SMILES string of the molecule is COc1ccc(CC(=O)NCc2cccc(NC(=O)C3CC3)c2)cc1F. The molecule has 1 aliphatic carbocycles. The van der Waals surface area contributed by atoms with Crippen LogP contribution in [0.3, 0.4) is 0 Å². The van der Waals surface area contributed by atoms with Crippen LogP contribution in [-0.2, 0) is 22.6 Å². The lowest BCUT2D eigenvalue weighted by Crippen LogP contribution is -2.24. The average molecular weight is 356 g/mol. The molecule has 1 saturated carbocycles. The Morgan fingerprint density at radius 2 is 1.96 bits per heavy atom. The minimum absolute atomic E-state index is 0.0488. The van der Waals surface area contributed by atoms with Gasteiger partial charge in [0.25, 0.3) is 0 Å². The third-order valence-corrected chi connectivity index (χ3v) is 4.21. The minimum atomic E-state index is -0.489. The summed E-state index contributed by atoms with van der Waals surface area (Å²) in [4.78, 5) is 23.9. The van der Waals surface area contributed by atoms with E-state index in [-0.39, 0.29) is 29.9 Å². The van der Waals surface area contributed by atoms with Gasteiger partial charge in [-0.25, -0.2) is 4.39 Å². The number of hydrogen-bond acceptors (Lipinski definition) is 3. The Hall–Kier alpha value is -2.89. The fraction of sp³-hybridized carbons (Fsp3) is 0.300. The van der Waals surface area contributed by atoms with Gasteiger partial charge in [0.2, 0.25) is 11.8 Å². The van der Waals surface area contributed by atoms with Gasteiger partial charge < -0.3 is 15.4 Å². The Morgan fingerprint density at radius 3 is 2.65 bits per heavy atom. The first-order valence-electron chi connectivity index (χ1n) is 8.54. The number of benzene rings is 2. The van der Waals surface area contributed by atoms with Gasteiger partial charge in [-0.1, -0.05) is 18.2 Å². The molecule has 0 unspecified atom stereocenters. The van der Waals surface area contributed by atoms with E-state index in [0.717, 1.165) is 24.1 Å². The predicted molar refractivity (Wildman–Crippen MR) is 96.3 cm³/mol. The van der Waals surface area contributed by atoms with E-state index < -0.39 is 5.82 Å². The van der Waals surface area contributed by atoms with Crippen LogP contribution in [0, 0.1) is 11.7 Å². The van der Waals surface area contributed by atoms with E-state index in [4.69, 9.17) is 4.74 Å². The molecule has 0 radical (unpaired) electrons. The van der Waals surface area contributed by atoms with Crippen molar-refractivity contribution < 1.29 is 18.7 Å². The van der Waals surface area contributed by atoms with Gasteiger partial charge in [0.05, 0.1) is 13.5 Å². The summed E-state index contributed by atoms with van der Waals surface area (Å²) in [5.41, 5.74) is 2.19. The highest BCUT2D eigenvalue weighted by atomic mass is 19.1. The van der Waals surface area contributed by atoms with Crippen molar-refractivity contribution in [2.75, 3.05) is 12.4 Å². The Morgan fingerprint density at radius 1 is 1.15 bits per heavy atom. The maximum absolute atomic E-state index is 13.7. The number of halogens is 1. The van der Waals surface area contributed by atoms with Gasteiger partial charge in [-0.05, 0) is 48.2 Å². The van der Waals surface area contributed by atoms with Crippen LogP contribution in [0.25, 0.3) is 0 Å². The summed E-state index contributed by atoms with van der Waals surface area (Å²) in [7, 11) is 1.39. The van der Waals surface area contributed by atoms with Crippen LogP contribution in [0.2, 0.25) is 0 Å². The Labute approximate surface area is 151 Å². The van der Waals surface area contributed by atoms with E-state index in [2.05, 4.69) is 10.6 Å².